The third kappa shape index (κ3) is 4.46. The first-order valence-corrected chi connectivity index (χ1v) is 8.03. The summed E-state index contributed by atoms with van der Waals surface area (Å²) in [5.41, 5.74) is 1.67. The second kappa shape index (κ2) is 8.03. The van der Waals surface area contributed by atoms with E-state index < -0.39 is 0 Å². The van der Waals surface area contributed by atoms with Crippen LogP contribution in [0.1, 0.15) is 43.0 Å². The molecule has 116 valence electrons. The van der Waals surface area contributed by atoms with Gasteiger partial charge in [-0.15, -0.1) is 0 Å². The molecule has 0 spiro atoms. The summed E-state index contributed by atoms with van der Waals surface area (Å²) in [6.07, 6.45) is 4.75. The van der Waals surface area contributed by atoms with E-state index in [1.54, 1.807) is 0 Å². The summed E-state index contributed by atoms with van der Waals surface area (Å²) in [7, 11) is 2.15. The zero-order valence-corrected chi connectivity index (χ0v) is 13.2. The van der Waals surface area contributed by atoms with Crippen molar-refractivity contribution >= 4 is 11.6 Å². The summed E-state index contributed by atoms with van der Waals surface area (Å²) >= 11 is 0. The van der Waals surface area contributed by atoms with Crippen LogP contribution in [-0.4, -0.2) is 43.5 Å². The molecule has 2 N–H and O–H groups in total. The standard InChI is InChI=1S/C17H27N3O/c1-3-11-18-16-10-5-4-9-15(16)17(21)19-13-14-8-6-7-12-20(14)2/h4-5,9-10,14,18H,3,6-8,11-13H2,1-2H3,(H,19,21). The van der Waals surface area contributed by atoms with E-state index in [9.17, 15) is 4.79 Å². The third-order valence-electron chi connectivity index (χ3n) is 4.16. The number of benzene rings is 1. The van der Waals surface area contributed by atoms with Crippen LogP contribution in [0.2, 0.25) is 0 Å². The van der Waals surface area contributed by atoms with Gasteiger partial charge in [0.25, 0.3) is 5.91 Å². The van der Waals surface area contributed by atoms with Crippen molar-refractivity contribution in [2.45, 2.75) is 38.6 Å². The fourth-order valence-electron chi connectivity index (χ4n) is 2.80. The summed E-state index contributed by atoms with van der Waals surface area (Å²) in [5, 5.41) is 6.41. The van der Waals surface area contributed by atoms with Crippen LogP contribution in [-0.2, 0) is 0 Å². The van der Waals surface area contributed by atoms with Gasteiger partial charge in [0.05, 0.1) is 5.56 Å². The molecular weight excluding hydrogens is 262 g/mol. The van der Waals surface area contributed by atoms with Crippen LogP contribution in [0.4, 0.5) is 5.69 Å². The first-order valence-electron chi connectivity index (χ1n) is 8.03. The number of anilines is 1. The molecule has 0 saturated carbocycles. The number of piperidine rings is 1. The number of carbonyl (C=O) groups excluding carboxylic acids is 1. The summed E-state index contributed by atoms with van der Waals surface area (Å²) in [5.74, 6) is 0.0215. The number of para-hydroxylation sites is 1. The largest absolute Gasteiger partial charge is 0.384 e. The predicted octanol–water partition coefficient (Wildman–Crippen LogP) is 2.72. The van der Waals surface area contributed by atoms with Crippen molar-refractivity contribution in [3.05, 3.63) is 29.8 Å². The molecule has 21 heavy (non-hydrogen) atoms. The van der Waals surface area contributed by atoms with Crippen LogP contribution in [0, 0.1) is 0 Å². The highest BCUT2D eigenvalue weighted by Gasteiger charge is 2.20. The number of rotatable bonds is 6. The predicted molar refractivity (Wildman–Crippen MR) is 87.8 cm³/mol. The lowest BCUT2D eigenvalue weighted by molar-refractivity contribution is 0.0929. The Kier molecular flexibility index (Phi) is 6.05. The van der Waals surface area contributed by atoms with Gasteiger partial charge in [0.15, 0.2) is 0 Å². The number of nitrogens with zero attached hydrogens (tertiary/aromatic N) is 1. The number of hydrogen-bond donors (Lipinski definition) is 2. The maximum Gasteiger partial charge on any atom is 0.253 e. The highest BCUT2D eigenvalue weighted by atomic mass is 16.1. The maximum absolute atomic E-state index is 12.4. The molecule has 0 aromatic heterocycles. The second-order valence-electron chi connectivity index (χ2n) is 5.81. The molecule has 1 aromatic carbocycles. The quantitative estimate of drug-likeness (QED) is 0.846. The Hall–Kier alpha value is -1.55. The van der Waals surface area contributed by atoms with Gasteiger partial charge >= 0.3 is 0 Å². The number of carbonyl (C=O) groups is 1. The summed E-state index contributed by atoms with van der Waals surface area (Å²) in [4.78, 5) is 14.8. The third-order valence-corrected chi connectivity index (χ3v) is 4.16. The van der Waals surface area contributed by atoms with Gasteiger partial charge < -0.3 is 15.5 Å². The van der Waals surface area contributed by atoms with Gasteiger partial charge in [-0.2, -0.15) is 0 Å². The minimum absolute atomic E-state index is 0.0215. The molecule has 1 unspecified atom stereocenters. The van der Waals surface area contributed by atoms with Crippen molar-refractivity contribution in [2.24, 2.45) is 0 Å². The topological polar surface area (TPSA) is 44.4 Å². The van der Waals surface area contributed by atoms with Crippen molar-refractivity contribution in [3.8, 4) is 0 Å². The van der Waals surface area contributed by atoms with E-state index in [4.69, 9.17) is 0 Å². The fourth-order valence-corrected chi connectivity index (χ4v) is 2.80. The maximum atomic E-state index is 12.4. The summed E-state index contributed by atoms with van der Waals surface area (Å²) in [6, 6.07) is 8.20. The van der Waals surface area contributed by atoms with E-state index in [2.05, 4.69) is 29.5 Å². The molecule has 1 aliphatic heterocycles. The van der Waals surface area contributed by atoms with E-state index in [1.165, 1.54) is 19.3 Å². The number of likely N-dealkylation sites (N-methyl/N-ethyl adjacent to an activating group) is 1. The van der Waals surface area contributed by atoms with Gasteiger partial charge in [0.2, 0.25) is 0 Å². The van der Waals surface area contributed by atoms with Gasteiger partial charge in [-0.25, -0.2) is 0 Å². The monoisotopic (exact) mass is 289 g/mol. The van der Waals surface area contributed by atoms with Gasteiger partial charge in [-0.05, 0) is 45.0 Å². The molecule has 1 saturated heterocycles. The van der Waals surface area contributed by atoms with Crippen LogP contribution < -0.4 is 10.6 Å². The molecule has 2 rings (SSSR count). The highest BCUT2D eigenvalue weighted by molar-refractivity contribution is 5.99. The molecule has 1 fully saturated rings. The van der Waals surface area contributed by atoms with Crippen molar-refractivity contribution in [1.82, 2.24) is 10.2 Å². The van der Waals surface area contributed by atoms with Crippen LogP contribution >= 0.6 is 0 Å². The molecule has 0 aliphatic carbocycles. The SMILES string of the molecule is CCCNc1ccccc1C(=O)NCC1CCCCN1C. The molecule has 0 bridgehead atoms. The second-order valence-corrected chi connectivity index (χ2v) is 5.81. The Balaban J connectivity index is 1.93. The molecule has 1 amide bonds. The number of likely N-dealkylation sites (tertiary alicyclic amines) is 1. The minimum Gasteiger partial charge on any atom is -0.384 e. The summed E-state index contributed by atoms with van der Waals surface area (Å²) < 4.78 is 0. The van der Waals surface area contributed by atoms with E-state index in [-0.39, 0.29) is 5.91 Å². The summed E-state index contributed by atoms with van der Waals surface area (Å²) in [6.45, 7) is 4.87. The average Bonchev–Trinajstić information content (AvgIpc) is 2.52. The van der Waals surface area contributed by atoms with E-state index >= 15 is 0 Å². The number of nitrogens with one attached hydrogen (secondary N) is 2. The van der Waals surface area contributed by atoms with Crippen molar-refractivity contribution in [2.75, 3.05) is 32.0 Å². The highest BCUT2D eigenvalue weighted by Crippen LogP contribution is 2.16. The molecular formula is C17H27N3O. The lowest BCUT2D eigenvalue weighted by Gasteiger charge is -2.32. The fraction of sp³-hybridized carbons (Fsp3) is 0.588. The van der Waals surface area contributed by atoms with Gasteiger partial charge in [0.1, 0.15) is 0 Å². The Morgan fingerprint density at radius 1 is 1.33 bits per heavy atom. The lowest BCUT2D eigenvalue weighted by Crippen LogP contribution is -2.44. The normalized spacial score (nSPS) is 19.2. The smallest absolute Gasteiger partial charge is 0.253 e. The van der Waals surface area contributed by atoms with Crippen LogP contribution in [0.15, 0.2) is 24.3 Å². The minimum atomic E-state index is 0.0215. The van der Waals surface area contributed by atoms with Gasteiger partial charge in [-0.3, -0.25) is 4.79 Å². The molecule has 4 nitrogen and oxygen atoms in total. The van der Waals surface area contributed by atoms with Crippen molar-refractivity contribution in [1.29, 1.82) is 0 Å². The van der Waals surface area contributed by atoms with Crippen molar-refractivity contribution < 1.29 is 4.79 Å². The molecule has 4 heteroatoms. The zero-order chi connectivity index (χ0) is 15.1. The Morgan fingerprint density at radius 2 is 2.14 bits per heavy atom. The van der Waals surface area contributed by atoms with E-state index in [1.807, 2.05) is 24.3 Å². The first-order chi connectivity index (χ1) is 10.2. The van der Waals surface area contributed by atoms with E-state index in [0.29, 0.717) is 6.04 Å². The first kappa shape index (κ1) is 15.8. The van der Waals surface area contributed by atoms with E-state index in [0.717, 1.165) is 37.3 Å². The molecule has 1 heterocycles. The number of amides is 1. The van der Waals surface area contributed by atoms with Crippen LogP contribution in [0.3, 0.4) is 0 Å². The number of hydrogen-bond acceptors (Lipinski definition) is 3. The Bertz CT molecular complexity index is 461. The molecule has 1 atom stereocenters. The molecule has 1 aliphatic rings. The average molecular weight is 289 g/mol. The molecule has 1 aromatic rings. The molecule has 0 radical (unpaired) electrons. The van der Waals surface area contributed by atoms with Crippen LogP contribution in [0.25, 0.3) is 0 Å². The Morgan fingerprint density at radius 3 is 2.90 bits per heavy atom. The van der Waals surface area contributed by atoms with Gasteiger partial charge in [0, 0.05) is 24.8 Å². The zero-order valence-electron chi connectivity index (χ0n) is 13.2. The van der Waals surface area contributed by atoms with Crippen LogP contribution in [0.5, 0.6) is 0 Å². The lowest BCUT2D eigenvalue weighted by atomic mass is 10.0. The van der Waals surface area contributed by atoms with Crippen molar-refractivity contribution in [3.63, 3.8) is 0 Å². The van der Waals surface area contributed by atoms with Gasteiger partial charge in [-0.1, -0.05) is 25.5 Å². The Labute approximate surface area is 127 Å².